The standard InChI is InChI=1S/C40H52N6O4S2/c1-45(2,3)23-9-19-41-33-17-15-31-35-27(33)11-7-13-29(35)37(47)43(39(31)49)21-25-51-52-26-22-44-38(48)30-14-8-12-28-34(42-20-10-24-46(4,5)6)18-16-32(36(28)30)40(44)50/h7-8,11-14H,9-10,15-26H2,1-6H3/p+2. The van der Waals surface area contributed by atoms with Crippen molar-refractivity contribution in [3.8, 4) is 11.8 Å². The third-order valence-electron chi connectivity index (χ3n) is 10.0. The quantitative estimate of drug-likeness (QED) is 0.0950. The number of pyridine rings is 2. The van der Waals surface area contributed by atoms with Crippen LogP contribution < -0.4 is 11.1 Å². The van der Waals surface area contributed by atoms with Gasteiger partial charge in [0.1, 0.15) is 0 Å². The molecule has 2 aliphatic rings. The fraction of sp³-hybridized carbons (Fsp3) is 0.500. The van der Waals surface area contributed by atoms with Gasteiger partial charge < -0.3 is 19.2 Å². The van der Waals surface area contributed by atoms with E-state index < -0.39 is 0 Å². The zero-order chi connectivity index (χ0) is 37.2. The summed E-state index contributed by atoms with van der Waals surface area (Å²) in [4.78, 5) is 37.1. The van der Waals surface area contributed by atoms with Crippen molar-refractivity contribution in [3.63, 3.8) is 0 Å². The third-order valence-corrected chi connectivity index (χ3v) is 12.4. The largest absolute Gasteiger partial charge is 0.494 e. The molecule has 0 saturated carbocycles. The van der Waals surface area contributed by atoms with E-state index in [9.17, 15) is 19.8 Å². The molecule has 0 radical (unpaired) electrons. The van der Waals surface area contributed by atoms with Gasteiger partial charge >= 0.3 is 0 Å². The summed E-state index contributed by atoms with van der Waals surface area (Å²) in [6.07, 6.45) is 4.76. The number of hydrogen-bond acceptors (Lipinski definition) is 8. The molecule has 0 unspecified atom stereocenters. The second-order valence-electron chi connectivity index (χ2n) is 16.0. The van der Waals surface area contributed by atoms with Crippen LogP contribution in [0.3, 0.4) is 0 Å². The van der Waals surface area contributed by atoms with E-state index in [2.05, 4.69) is 42.3 Å². The Morgan fingerprint density at radius 2 is 1.04 bits per heavy atom. The van der Waals surface area contributed by atoms with Gasteiger partial charge in [0.25, 0.3) is 11.1 Å². The zero-order valence-electron chi connectivity index (χ0n) is 31.6. The van der Waals surface area contributed by atoms with Crippen LogP contribution >= 0.6 is 21.6 Å². The summed E-state index contributed by atoms with van der Waals surface area (Å²) in [6, 6.07) is 11.6. The maximum Gasteiger partial charge on any atom is 0.261 e. The molecule has 0 aliphatic heterocycles. The lowest BCUT2D eigenvalue weighted by molar-refractivity contribution is -0.870. The second kappa shape index (κ2) is 15.8. The molecule has 2 aromatic carbocycles. The molecule has 278 valence electrons. The Hall–Kier alpha value is -3.58. The average Bonchev–Trinajstić information content (AvgIpc) is 3.09. The van der Waals surface area contributed by atoms with Crippen molar-refractivity contribution in [1.29, 1.82) is 0 Å². The van der Waals surface area contributed by atoms with Crippen molar-refractivity contribution in [3.05, 3.63) is 79.4 Å². The van der Waals surface area contributed by atoms with Gasteiger partial charge in [-0.25, -0.2) is 0 Å². The van der Waals surface area contributed by atoms with Gasteiger partial charge in [0.2, 0.25) is 0 Å². The number of hydrogen-bond donors (Lipinski definition) is 2. The summed E-state index contributed by atoms with van der Waals surface area (Å²) in [7, 11) is 16.3. The molecule has 2 aliphatic carbocycles. The molecule has 2 heterocycles. The van der Waals surface area contributed by atoms with Crippen LogP contribution in [0.5, 0.6) is 11.8 Å². The Morgan fingerprint density at radius 1 is 0.635 bits per heavy atom. The molecule has 12 heteroatoms. The summed E-state index contributed by atoms with van der Waals surface area (Å²) in [6.45, 7) is 4.32. The van der Waals surface area contributed by atoms with Crippen LogP contribution in [-0.2, 0) is 25.9 Å². The molecule has 0 fully saturated rings. The van der Waals surface area contributed by atoms with E-state index in [1.54, 1.807) is 21.6 Å². The lowest BCUT2D eigenvalue weighted by Gasteiger charge is -2.24. The molecule has 2 N–H and O–H groups in total. The third kappa shape index (κ3) is 8.30. The van der Waals surface area contributed by atoms with Gasteiger partial charge in [-0.3, -0.25) is 28.7 Å². The van der Waals surface area contributed by atoms with E-state index in [0.29, 0.717) is 48.2 Å². The first-order chi connectivity index (χ1) is 24.7. The van der Waals surface area contributed by atoms with Gasteiger partial charge in [0, 0.05) is 106 Å². The van der Waals surface area contributed by atoms with Crippen molar-refractivity contribution in [2.24, 2.45) is 9.98 Å². The minimum Gasteiger partial charge on any atom is -0.494 e. The number of aromatic nitrogens is 2. The van der Waals surface area contributed by atoms with Gasteiger partial charge in [-0.2, -0.15) is 0 Å². The van der Waals surface area contributed by atoms with E-state index in [4.69, 9.17) is 9.98 Å². The highest BCUT2D eigenvalue weighted by atomic mass is 33.1. The monoisotopic (exact) mass is 746 g/mol. The number of rotatable bonds is 15. The highest BCUT2D eigenvalue weighted by molar-refractivity contribution is 8.76. The molecule has 0 spiro atoms. The van der Waals surface area contributed by atoms with E-state index in [-0.39, 0.29) is 22.9 Å². The second-order valence-corrected chi connectivity index (χ2v) is 18.7. The number of aliphatic imine (C=N–C) groups is 2. The molecular formula is C40H54N6O4S2+2. The molecular weight excluding hydrogens is 693 g/mol. The van der Waals surface area contributed by atoms with E-state index in [1.807, 2.05) is 36.4 Å². The minimum atomic E-state index is -0.187. The number of nitrogens with zero attached hydrogens (tertiary/aromatic N) is 6. The summed E-state index contributed by atoms with van der Waals surface area (Å²) < 4.78 is 4.81. The van der Waals surface area contributed by atoms with Gasteiger partial charge in [0.05, 0.1) is 55.4 Å². The maximum atomic E-state index is 13.6. The van der Waals surface area contributed by atoms with Crippen molar-refractivity contribution >= 4 is 54.6 Å². The van der Waals surface area contributed by atoms with Gasteiger partial charge in [-0.1, -0.05) is 45.9 Å². The Bertz CT molecular complexity index is 2000. The lowest BCUT2D eigenvalue weighted by Crippen LogP contribution is -2.35. The Balaban J connectivity index is 1.10. The summed E-state index contributed by atoms with van der Waals surface area (Å²) in [5, 5.41) is 25.6. The molecule has 0 atom stereocenters. The first kappa shape index (κ1) is 38.2. The summed E-state index contributed by atoms with van der Waals surface area (Å²) >= 11 is 0. The SMILES string of the molecule is C[N+](C)(C)CCCN=C1CCc2c(O)n(CCSSCCn3c(O)c4c5c(cccc5c3=O)C(=NCCC[N+](C)(C)C)CC4)c(=O)c3cccc1c23. The number of benzene rings is 2. The van der Waals surface area contributed by atoms with Crippen molar-refractivity contribution in [2.45, 2.75) is 51.6 Å². The van der Waals surface area contributed by atoms with Crippen molar-refractivity contribution < 1.29 is 19.2 Å². The Labute approximate surface area is 314 Å². The fourth-order valence-electron chi connectivity index (χ4n) is 7.49. The van der Waals surface area contributed by atoms with Crippen LogP contribution in [0, 0.1) is 0 Å². The van der Waals surface area contributed by atoms with Crippen molar-refractivity contribution in [1.82, 2.24) is 9.13 Å². The van der Waals surface area contributed by atoms with E-state index >= 15 is 0 Å². The zero-order valence-corrected chi connectivity index (χ0v) is 33.2. The van der Waals surface area contributed by atoms with E-state index in [0.717, 1.165) is 105 Å². The van der Waals surface area contributed by atoms with Crippen LogP contribution in [0.1, 0.15) is 47.9 Å². The van der Waals surface area contributed by atoms with Crippen LogP contribution in [0.15, 0.2) is 56.0 Å². The summed E-state index contributed by atoms with van der Waals surface area (Å²) in [5.41, 5.74) is 5.24. The lowest BCUT2D eigenvalue weighted by atomic mass is 9.88. The van der Waals surface area contributed by atoms with Gasteiger partial charge in [-0.15, -0.1) is 0 Å². The molecule has 52 heavy (non-hydrogen) atoms. The topological polar surface area (TPSA) is 109 Å². The van der Waals surface area contributed by atoms with Crippen molar-refractivity contribution in [2.75, 3.05) is 80.0 Å². The van der Waals surface area contributed by atoms with Gasteiger partial charge in [0.15, 0.2) is 11.8 Å². The normalized spacial score (nSPS) is 16.1. The Morgan fingerprint density at radius 3 is 1.42 bits per heavy atom. The van der Waals surface area contributed by atoms with Crippen LogP contribution in [0.2, 0.25) is 0 Å². The predicted molar refractivity (Wildman–Crippen MR) is 219 cm³/mol. The summed E-state index contributed by atoms with van der Waals surface area (Å²) in [5.74, 6) is 1.31. The molecule has 0 amide bonds. The van der Waals surface area contributed by atoms with E-state index in [1.165, 1.54) is 9.13 Å². The van der Waals surface area contributed by atoms with Crippen LogP contribution in [0.25, 0.3) is 21.5 Å². The number of aromatic hydroxyl groups is 2. The first-order valence-corrected chi connectivity index (χ1v) is 20.9. The Kier molecular flexibility index (Phi) is 11.6. The average molecular weight is 747 g/mol. The molecule has 2 aromatic heterocycles. The highest BCUT2D eigenvalue weighted by Gasteiger charge is 2.26. The number of quaternary nitrogens is 2. The first-order valence-electron chi connectivity index (χ1n) is 18.4. The molecule has 6 rings (SSSR count). The number of aryl methyl sites for hydroxylation is 2. The van der Waals surface area contributed by atoms with Gasteiger partial charge in [-0.05, 0) is 37.8 Å². The fourth-order valence-corrected chi connectivity index (χ4v) is 9.40. The van der Waals surface area contributed by atoms with Crippen LogP contribution in [0.4, 0.5) is 0 Å². The molecule has 4 aromatic rings. The minimum absolute atomic E-state index is 0.0537. The molecule has 0 saturated heterocycles. The molecule has 10 nitrogen and oxygen atoms in total. The van der Waals surface area contributed by atoms with Crippen LogP contribution in [-0.4, -0.2) is 120 Å². The predicted octanol–water partition coefficient (Wildman–Crippen LogP) is 5.47. The molecule has 0 bridgehead atoms. The maximum absolute atomic E-state index is 13.6. The smallest absolute Gasteiger partial charge is 0.261 e. The highest BCUT2D eigenvalue weighted by Crippen LogP contribution is 2.36.